The van der Waals surface area contributed by atoms with Gasteiger partial charge in [-0.2, -0.15) is 0 Å². The number of nitrogens with zero attached hydrogens (tertiary/aromatic N) is 1. The highest BCUT2D eigenvalue weighted by Crippen LogP contribution is 2.45. The van der Waals surface area contributed by atoms with Crippen molar-refractivity contribution in [1.82, 2.24) is 4.90 Å². The van der Waals surface area contributed by atoms with Crippen LogP contribution in [0, 0.1) is 6.92 Å². The van der Waals surface area contributed by atoms with E-state index in [9.17, 15) is 0 Å². The summed E-state index contributed by atoms with van der Waals surface area (Å²) >= 11 is 5.78. The summed E-state index contributed by atoms with van der Waals surface area (Å²) < 4.78 is 5.44. The highest BCUT2D eigenvalue weighted by molar-refractivity contribution is 7.81. The fourth-order valence-electron chi connectivity index (χ4n) is 2.85. The molecule has 0 atom stereocenters. The van der Waals surface area contributed by atoms with Crippen molar-refractivity contribution in [3.05, 3.63) is 35.4 Å². The van der Waals surface area contributed by atoms with Crippen LogP contribution in [0.1, 0.15) is 24.0 Å². The van der Waals surface area contributed by atoms with Gasteiger partial charge in [-0.3, -0.25) is 4.90 Å². The molecule has 0 radical (unpaired) electrons. The molecule has 1 aliphatic carbocycles. The standard InChI is InChI=1S/C15H19NOS/c1-12-3-2-4-13(11-12)14(18)15(5-6-15)16-7-9-17-10-8-16/h2-4,11H,5-10H2,1H3. The summed E-state index contributed by atoms with van der Waals surface area (Å²) in [5.41, 5.74) is 2.68. The fourth-order valence-corrected chi connectivity index (χ4v) is 3.31. The number of morpholine rings is 1. The van der Waals surface area contributed by atoms with E-state index < -0.39 is 0 Å². The number of ether oxygens (including phenoxy) is 1. The second kappa shape index (κ2) is 4.72. The molecular formula is C15H19NOS. The van der Waals surface area contributed by atoms with E-state index >= 15 is 0 Å². The average molecular weight is 261 g/mol. The molecule has 2 nitrogen and oxygen atoms in total. The molecular weight excluding hydrogens is 242 g/mol. The van der Waals surface area contributed by atoms with Crippen molar-refractivity contribution < 1.29 is 4.74 Å². The minimum Gasteiger partial charge on any atom is -0.379 e. The highest BCUT2D eigenvalue weighted by Gasteiger charge is 2.51. The molecule has 2 fully saturated rings. The van der Waals surface area contributed by atoms with Gasteiger partial charge in [-0.05, 0) is 25.3 Å². The van der Waals surface area contributed by atoms with E-state index in [0.29, 0.717) is 0 Å². The first kappa shape index (κ1) is 12.3. The van der Waals surface area contributed by atoms with E-state index in [2.05, 4.69) is 36.1 Å². The SMILES string of the molecule is Cc1cccc(C(=S)C2(N3CCOCC3)CC2)c1. The number of thiocarbonyl (C=S) groups is 1. The average Bonchev–Trinajstić information content (AvgIpc) is 3.20. The lowest BCUT2D eigenvalue weighted by Crippen LogP contribution is -2.49. The van der Waals surface area contributed by atoms with Gasteiger partial charge in [0.2, 0.25) is 0 Å². The third kappa shape index (κ3) is 2.11. The second-order valence-electron chi connectivity index (χ2n) is 5.33. The molecule has 0 amide bonds. The van der Waals surface area contributed by atoms with Crippen LogP contribution in [0.25, 0.3) is 0 Å². The maximum Gasteiger partial charge on any atom is 0.0594 e. The van der Waals surface area contributed by atoms with Gasteiger partial charge in [-0.25, -0.2) is 0 Å². The van der Waals surface area contributed by atoms with Crippen LogP contribution in [0.2, 0.25) is 0 Å². The third-order valence-corrected chi connectivity index (χ3v) is 4.66. The topological polar surface area (TPSA) is 12.5 Å². The van der Waals surface area contributed by atoms with Crippen LogP contribution in [0.15, 0.2) is 24.3 Å². The quantitative estimate of drug-likeness (QED) is 0.613. The molecule has 1 aromatic carbocycles. The number of benzene rings is 1. The van der Waals surface area contributed by atoms with Crippen molar-refractivity contribution in [3.63, 3.8) is 0 Å². The van der Waals surface area contributed by atoms with Crippen LogP contribution in [0.4, 0.5) is 0 Å². The summed E-state index contributed by atoms with van der Waals surface area (Å²) in [5, 5.41) is 0. The van der Waals surface area contributed by atoms with Gasteiger partial charge < -0.3 is 4.74 Å². The monoisotopic (exact) mass is 261 g/mol. The predicted octanol–water partition coefficient (Wildman–Crippen LogP) is 2.58. The Kier molecular flexibility index (Phi) is 3.22. The first-order valence-electron chi connectivity index (χ1n) is 6.67. The summed E-state index contributed by atoms with van der Waals surface area (Å²) in [7, 11) is 0. The maximum atomic E-state index is 5.78. The summed E-state index contributed by atoms with van der Waals surface area (Å²) in [5.74, 6) is 0. The van der Waals surface area contributed by atoms with Crippen molar-refractivity contribution in [2.24, 2.45) is 0 Å². The number of hydrogen-bond donors (Lipinski definition) is 0. The molecule has 18 heavy (non-hydrogen) atoms. The maximum absolute atomic E-state index is 5.78. The van der Waals surface area contributed by atoms with Gasteiger partial charge in [0, 0.05) is 18.0 Å². The second-order valence-corrected chi connectivity index (χ2v) is 5.74. The van der Waals surface area contributed by atoms with Crippen molar-refractivity contribution >= 4 is 17.1 Å². The first-order chi connectivity index (χ1) is 8.72. The Hall–Kier alpha value is -0.770. The summed E-state index contributed by atoms with van der Waals surface area (Å²) in [6.07, 6.45) is 2.42. The molecule has 0 aromatic heterocycles. The Bertz CT molecular complexity index is 461. The Morgan fingerprint density at radius 2 is 2.00 bits per heavy atom. The predicted molar refractivity (Wildman–Crippen MR) is 77.2 cm³/mol. The van der Waals surface area contributed by atoms with E-state index in [1.807, 2.05) is 0 Å². The molecule has 0 bridgehead atoms. The Balaban J connectivity index is 1.83. The summed E-state index contributed by atoms with van der Waals surface area (Å²) in [4.78, 5) is 3.66. The third-order valence-electron chi connectivity index (χ3n) is 4.04. The highest BCUT2D eigenvalue weighted by atomic mass is 32.1. The van der Waals surface area contributed by atoms with Gasteiger partial charge >= 0.3 is 0 Å². The summed E-state index contributed by atoms with van der Waals surface area (Å²) in [6.45, 7) is 5.86. The van der Waals surface area contributed by atoms with E-state index in [-0.39, 0.29) is 5.54 Å². The molecule has 0 N–H and O–H groups in total. The Morgan fingerprint density at radius 3 is 2.61 bits per heavy atom. The van der Waals surface area contributed by atoms with Crippen molar-refractivity contribution in [2.75, 3.05) is 26.3 Å². The Labute approximate surface area is 114 Å². The smallest absolute Gasteiger partial charge is 0.0594 e. The van der Waals surface area contributed by atoms with Gasteiger partial charge in [0.1, 0.15) is 0 Å². The van der Waals surface area contributed by atoms with Crippen molar-refractivity contribution in [3.8, 4) is 0 Å². The molecule has 1 aliphatic heterocycles. The molecule has 0 unspecified atom stereocenters. The largest absolute Gasteiger partial charge is 0.379 e. The van der Waals surface area contributed by atoms with Crippen molar-refractivity contribution in [2.45, 2.75) is 25.3 Å². The van der Waals surface area contributed by atoms with Crippen LogP contribution in [0.5, 0.6) is 0 Å². The number of aryl methyl sites for hydroxylation is 1. The van der Waals surface area contributed by atoms with E-state index in [4.69, 9.17) is 17.0 Å². The summed E-state index contributed by atoms with van der Waals surface area (Å²) in [6, 6.07) is 8.59. The van der Waals surface area contributed by atoms with Crippen LogP contribution in [0.3, 0.4) is 0 Å². The molecule has 1 heterocycles. The number of hydrogen-bond acceptors (Lipinski definition) is 3. The van der Waals surface area contributed by atoms with Gasteiger partial charge in [0.25, 0.3) is 0 Å². The molecule has 3 heteroatoms. The minimum atomic E-state index is 0.160. The zero-order valence-corrected chi connectivity index (χ0v) is 11.6. The molecule has 1 saturated carbocycles. The molecule has 1 aromatic rings. The lowest BCUT2D eigenvalue weighted by atomic mass is 10.00. The molecule has 1 saturated heterocycles. The fraction of sp³-hybridized carbons (Fsp3) is 0.533. The van der Waals surface area contributed by atoms with Gasteiger partial charge in [-0.15, -0.1) is 0 Å². The molecule has 96 valence electrons. The molecule has 0 spiro atoms. The van der Waals surface area contributed by atoms with E-state index in [1.165, 1.54) is 24.0 Å². The number of rotatable bonds is 3. The van der Waals surface area contributed by atoms with Crippen LogP contribution in [-0.4, -0.2) is 41.6 Å². The van der Waals surface area contributed by atoms with Crippen LogP contribution < -0.4 is 0 Å². The van der Waals surface area contributed by atoms with E-state index in [1.54, 1.807) is 0 Å². The van der Waals surface area contributed by atoms with Gasteiger partial charge in [0.15, 0.2) is 0 Å². The minimum absolute atomic E-state index is 0.160. The lowest BCUT2D eigenvalue weighted by Gasteiger charge is -2.35. The lowest BCUT2D eigenvalue weighted by molar-refractivity contribution is 0.0245. The first-order valence-corrected chi connectivity index (χ1v) is 7.07. The molecule has 3 rings (SSSR count). The Morgan fingerprint density at radius 1 is 1.28 bits per heavy atom. The zero-order valence-electron chi connectivity index (χ0n) is 10.8. The molecule has 2 aliphatic rings. The van der Waals surface area contributed by atoms with Crippen LogP contribution in [-0.2, 0) is 4.74 Å². The zero-order chi connectivity index (χ0) is 12.6. The van der Waals surface area contributed by atoms with Crippen LogP contribution >= 0.6 is 12.2 Å². The van der Waals surface area contributed by atoms with Crippen molar-refractivity contribution in [1.29, 1.82) is 0 Å². The van der Waals surface area contributed by atoms with Gasteiger partial charge in [-0.1, -0.05) is 42.0 Å². The van der Waals surface area contributed by atoms with E-state index in [0.717, 1.165) is 31.2 Å². The van der Waals surface area contributed by atoms with Gasteiger partial charge in [0.05, 0.1) is 18.8 Å². The normalized spacial score (nSPS) is 22.7.